The minimum atomic E-state index is -4.42. The van der Waals surface area contributed by atoms with E-state index in [9.17, 15) is 18.0 Å². The molecular weight excluding hydrogens is 249 g/mol. The zero-order chi connectivity index (χ0) is 13.3. The third-order valence-electron chi connectivity index (χ3n) is 2.70. The average Bonchev–Trinajstić information content (AvgIpc) is 2.75. The highest BCUT2D eigenvalue weighted by molar-refractivity contribution is 5.42. The largest absolute Gasteiger partial charge is 0.394 e. The lowest BCUT2D eigenvalue weighted by molar-refractivity contribution is -0.175. The van der Waals surface area contributed by atoms with Gasteiger partial charge in [0.15, 0.2) is 0 Å². The normalized spacial score (nSPS) is 14.0. The highest BCUT2D eigenvalue weighted by Crippen LogP contribution is 2.26. The number of hydrogen-bond donors (Lipinski definition) is 1. The number of nitrogens with two attached hydrogens (primary N) is 1. The number of fused-ring (bicyclic) bond motifs is 1. The number of nitrogens with zero attached hydrogens (tertiary/aromatic N) is 3. The summed E-state index contributed by atoms with van der Waals surface area (Å²) in [6.07, 6.45) is -0.302. The van der Waals surface area contributed by atoms with Crippen molar-refractivity contribution >= 4 is 5.52 Å². The Labute approximate surface area is 99.6 Å². The first-order chi connectivity index (χ1) is 8.43. The predicted molar refractivity (Wildman–Crippen MR) is 58.1 cm³/mol. The summed E-state index contributed by atoms with van der Waals surface area (Å²) in [5.41, 5.74) is 4.81. The Hall–Kier alpha value is -1.83. The molecule has 0 amide bonds. The molecule has 0 aliphatic heterocycles. The van der Waals surface area contributed by atoms with Crippen LogP contribution < -0.4 is 11.3 Å². The maximum absolute atomic E-state index is 12.6. The van der Waals surface area contributed by atoms with Gasteiger partial charge in [-0.05, 0) is 6.07 Å². The zero-order valence-corrected chi connectivity index (χ0v) is 9.26. The smallest absolute Gasteiger partial charge is 0.330 e. The summed E-state index contributed by atoms with van der Waals surface area (Å²) in [5.74, 6) is -1.74. The molecule has 2 aromatic rings. The molecule has 0 aromatic carbocycles. The van der Waals surface area contributed by atoms with Crippen LogP contribution in [0.3, 0.4) is 0 Å². The Bertz CT molecular complexity index is 601. The number of halogens is 3. The molecule has 18 heavy (non-hydrogen) atoms. The minimum Gasteiger partial charge on any atom is -0.330 e. The first-order valence-corrected chi connectivity index (χ1v) is 5.23. The Morgan fingerprint density at radius 2 is 2.11 bits per heavy atom. The molecule has 1 unspecified atom stereocenters. The molecule has 0 radical (unpaired) electrons. The molecular formula is C10H11F3N4O. The van der Waals surface area contributed by atoms with Crippen LogP contribution in [0.4, 0.5) is 13.2 Å². The molecule has 5 nitrogen and oxygen atoms in total. The molecule has 2 N–H and O–H groups in total. The van der Waals surface area contributed by atoms with E-state index in [0.29, 0.717) is 0 Å². The number of alkyl halides is 3. The third kappa shape index (κ3) is 2.23. The lowest BCUT2D eigenvalue weighted by Crippen LogP contribution is -2.36. The molecule has 8 heteroatoms. The van der Waals surface area contributed by atoms with E-state index in [1.165, 1.54) is 29.2 Å². The Morgan fingerprint density at radius 1 is 1.39 bits per heavy atom. The summed E-state index contributed by atoms with van der Waals surface area (Å²) in [5, 5.41) is 3.83. The van der Waals surface area contributed by atoms with Crippen molar-refractivity contribution in [3.63, 3.8) is 0 Å². The molecule has 2 aromatic heterocycles. The maximum Gasteiger partial charge on any atom is 0.394 e. The zero-order valence-electron chi connectivity index (χ0n) is 9.26. The van der Waals surface area contributed by atoms with Gasteiger partial charge in [0.25, 0.3) is 5.56 Å². The highest BCUT2D eigenvalue weighted by Gasteiger charge is 2.38. The molecule has 98 valence electrons. The first-order valence-electron chi connectivity index (χ1n) is 5.23. The van der Waals surface area contributed by atoms with Crippen LogP contribution in [0.25, 0.3) is 5.52 Å². The molecule has 0 saturated heterocycles. The fourth-order valence-corrected chi connectivity index (χ4v) is 1.65. The fraction of sp³-hybridized carbons (Fsp3) is 0.400. The first kappa shape index (κ1) is 12.6. The van der Waals surface area contributed by atoms with Crippen LogP contribution in [0.5, 0.6) is 0 Å². The molecule has 2 heterocycles. The highest BCUT2D eigenvalue weighted by atomic mass is 19.4. The van der Waals surface area contributed by atoms with Crippen molar-refractivity contribution in [1.29, 1.82) is 0 Å². The number of hydrogen-bond acceptors (Lipinski definition) is 3. The van der Waals surface area contributed by atoms with Gasteiger partial charge < -0.3 is 10.3 Å². The Morgan fingerprint density at radius 3 is 2.72 bits per heavy atom. The summed E-state index contributed by atoms with van der Waals surface area (Å²) in [6, 6.07) is 1.45. The standard InChI is InChI=1S/C10H11F3N4O/c11-10(12,13)7(5-14)6-16-3-4-17-8(9(16)18)1-2-15-17/h1-4,7H,5-6,14H2. The van der Waals surface area contributed by atoms with Gasteiger partial charge in [-0.2, -0.15) is 18.3 Å². The van der Waals surface area contributed by atoms with E-state index in [-0.39, 0.29) is 5.52 Å². The van der Waals surface area contributed by atoms with Gasteiger partial charge in [-0.3, -0.25) is 4.79 Å². The summed E-state index contributed by atoms with van der Waals surface area (Å²) >= 11 is 0. The van der Waals surface area contributed by atoms with E-state index in [2.05, 4.69) is 5.10 Å². The molecule has 0 fully saturated rings. The summed E-state index contributed by atoms with van der Waals surface area (Å²) in [4.78, 5) is 11.9. The van der Waals surface area contributed by atoms with Gasteiger partial charge in [-0.15, -0.1) is 0 Å². The van der Waals surface area contributed by atoms with Crippen LogP contribution >= 0.6 is 0 Å². The van der Waals surface area contributed by atoms with Crippen molar-refractivity contribution in [2.24, 2.45) is 11.7 Å². The topological polar surface area (TPSA) is 65.3 Å². The molecule has 0 spiro atoms. The van der Waals surface area contributed by atoms with Gasteiger partial charge in [0.1, 0.15) is 5.52 Å². The Kier molecular flexibility index (Phi) is 3.12. The van der Waals surface area contributed by atoms with E-state index in [0.717, 1.165) is 4.57 Å². The van der Waals surface area contributed by atoms with Crippen molar-refractivity contribution in [2.45, 2.75) is 12.7 Å². The second-order valence-corrected chi connectivity index (χ2v) is 3.89. The average molecular weight is 260 g/mol. The second-order valence-electron chi connectivity index (χ2n) is 3.89. The van der Waals surface area contributed by atoms with Crippen LogP contribution in [0, 0.1) is 5.92 Å². The molecule has 2 rings (SSSR count). The Balaban J connectivity index is 2.37. The van der Waals surface area contributed by atoms with Gasteiger partial charge in [-0.25, -0.2) is 4.52 Å². The lowest BCUT2D eigenvalue weighted by atomic mass is 10.1. The quantitative estimate of drug-likeness (QED) is 0.880. The van der Waals surface area contributed by atoms with E-state index < -0.39 is 30.7 Å². The van der Waals surface area contributed by atoms with Crippen LogP contribution in [-0.2, 0) is 6.54 Å². The molecule has 0 aliphatic carbocycles. The van der Waals surface area contributed by atoms with Crippen LogP contribution in [-0.4, -0.2) is 26.9 Å². The van der Waals surface area contributed by atoms with Gasteiger partial charge in [0.05, 0.1) is 12.1 Å². The third-order valence-corrected chi connectivity index (χ3v) is 2.70. The number of aromatic nitrogens is 3. The maximum atomic E-state index is 12.6. The number of rotatable bonds is 3. The van der Waals surface area contributed by atoms with Gasteiger partial charge in [-0.1, -0.05) is 0 Å². The van der Waals surface area contributed by atoms with E-state index in [1.807, 2.05) is 0 Å². The van der Waals surface area contributed by atoms with Crippen molar-refractivity contribution < 1.29 is 13.2 Å². The molecule has 0 bridgehead atoms. The van der Waals surface area contributed by atoms with Crippen LogP contribution in [0.15, 0.2) is 29.5 Å². The second kappa shape index (κ2) is 4.45. The summed E-state index contributed by atoms with van der Waals surface area (Å²) in [6.45, 7) is -1.04. The summed E-state index contributed by atoms with van der Waals surface area (Å²) in [7, 11) is 0. The fourth-order valence-electron chi connectivity index (χ4n) is 1.65. The van der Waals surface area contributed by atoms with Crippen molar-refractivity contribution in [3.8, 4) is 0 Å². The molecule has 0 aliphatic rings. The predicted octanol–water partition coefficient (Wildman–Crippen LogP) is 0.633. The van der Waals surface area contributed by atoms with Gasteiger partial charge in [0, 0.05) is 25.5 Å². The van der Waals surface area contributed by atoms with Gasteiger partial charge >= 0.3 is 6.18 Å². The van der Waals surface area contributed by atoms with Crippen LogP contribution in [0.1, 0.15) is 0 Å². The van der Waals surface area contributed by atoms with Crippen molar-refractivity contribution in [2.75, 3.05) is 6.54 Å². The minimum absolute atomic E-state index is 0.232. The molecule has 1 atom stereocenters. The monoisotopic (exact) mass is 260 g/mol. The SMILES string of the molecule is NCC(Cn1ccn2nccc2c1=O)C(F)(F)F. The molecule has 0 saturated carbocycles. The van der Waals surface area contributed by atoms with Crippen molar-refractivity contribution in [1.82, 2.24) is 14.2 Å². The van der Waals surface area contributed by atoms with E-state index in [4.69, 9.17) is 5.73 Å². The van der Waals surface area contributed by atoms with Gasteiger partial charge in [0.2, 0.25) is 0 Å². The summed E-state index contributed by atoms with van der Waals surface area (Å²) < 4.78 is 40.0. The van der Waals surface area contributed by atoms with Crippen LogP contribution in [0.2, 0.25) is 0 Å². The van der Waals surface area contributed by atoms with E-state index in [1.54, 1.807) is 0 Å². The lowest BCUT2D eigenvalue weighted by Gasteiger charge is -2.19. The van der Waals surface area contributed by atoms with E-state index >= 15 is 0 Å². The van der Waals surface area contributed by atoms with Crippen molar-refractivity contribution in [3.05, 3.63) is 35.0 Å².